The number of hydrogen-bond donors (Lipinski definition) is 0. The molecule has 1 saturated carbocycles. The molecule has 1 aromatic rings. The van der Waals surface area contributed by atoms with E-state index in [9.17, 15) is 13.2 Å². The van der Waals surface area contributed by atoms with Crippen LogP contribution in [0.25, 0.3) is 0 Å². The first-order valence-corrected chi connectivity index (χ1v) is 8.47. The largest absolute Gasteiger partial charge is 0.300 e. The van der Waals surface area contributed by atoms with Crippen LogP contribution in [0.1, 0.15) is 25.7 Å². The zero-order valence-electron chi connectivity index (χ0n) is 11.0. The summed E-state index contributed by atoms with van der Waals surface area (Å²) < 4.78 is 26.4. The zero-order chi connectivity index (χ0) is 14.9. The van der Waals surface area contributed by atoms with E-state index in [4.69, 9.17) is 23.2 Å². The predicted octanol–water partition coefficient (Wildman–Crippen LogP) is 3.13. The average molecular weight is 336 g/mol. The third-order valence-corrected chi connectivity index (χ3v) is 6.24. The molecule has 0 radical (unpaired) electrons. The maximum absolute atomic E-state index is 12.5. The quantitative estimate of drug-likeness (QED) is 0.852. The molecule has 0 amide bonds. The van der Waals surface area contributed by atoms with Crippen LogP contribution < -0.4 is 0 Å². The van der Waals surface area contributed by atoms with Gasteiger partial charge >= 0.3 is 0 Å². The predicted molar refractivity (Wildman–Crippen MR) is 78.7 cm³/mol. The first kappa shape index (κ1) is 15.8. The first-order valence-electron chi connectivity index (χ1n) is 6.27. The molecular formula is C13H15Cl2NO3S. The van der Waals surface area contributed by atoms with Crippen LogP contribution in [0, 0.1) is 0 Å². The Morgan fingerprint density at radius 1 is 1.15 bits per heavy atom. The van der Waals surface area contributed by atoms with E-state index in [1.165, 1.54) is 29.6 Å². The molecule has 0 N–H and O–H groups in total. The molecule has 1 aliphatic carbocycles. The molecule has 0 unspecified atom stereocenters. The van der Waals surface area contributed by atoms with Crippen LogP contribution in [-0.2, 0) is 14.8 Å². The fourth-order valence-electron chi connectivity index (χ4n) is 2.29. The van der Waals surface area contributed by atoms with Crippen LogP contribution >= 0.6 is 23.2 Å². The second-order valence-electron chi connectivity index (χ2n) is 4.87. The smallest absolute Gasteiger partial charge is 0.243 e. The summed E-state index contributed by atoms with van der Waals surface area (Å²) in [6.07, 6.45) is 2.00. The number of Topliss-reactive ketones (excluding diaryl/α,β-unsaturated/α-hetero) is 1. The van der Waals surface area contributed by atoms with Crippen molar-refractivity contribution >= 4 is 39.0 Å². The summed E-state index contributed by atoms with van der Waals surface area (Å²) in [5.41, 5.74) is 0. The van der Waals surface area contributed by atoms with E-state index in [0.29, 0.717) is 30.7 Å². The van der Waals surface area contributed by atoms with Crippen molar-refractivity contribution in [3.05, 3.63) is 28.2 Å². The van der Waals surface area contributed by atoms with Crippen molar-refractivity contribution < 1.29 is 13.2 Å². The minimum atomic E-state index is -3.62. The van der Waals surface area contributed by atoms with Crippen molar-refractivity contribution in [3.8, 4) is 0 Å². The lowest BCUT2D eigenvalue weighted by Crippen LogP contribution is -2.39. The maximum Gasteiger partial charge on any atom is 0.243 e. The van der Waals surface area contributed by atoms with Crippen molar-refractivity contribution in [2.24, 2.45) is 0 Å². The van der Waals surface area contributed by atoms with Crippen molar-refractivity contribution in [1.82, 2.24) is 4.31 Å². The normalized spacial score (nSPS) is 17.7. The molecule has 110 valence electrons. The summed E-state index contributed by atoms with van der Waals surface area (Å²) in [7, 11) is -2.08. The molecule has 0 aliphatic heterocycles. The van der Waals surface area contributed by atoms with Gasteiger partial charge < -0.3 is 0 Å². The molecule has 20 heavy (non-hydrogen) atoms. The van der Waals surface area contributed by atoms with E-state index >= 15 is 0 Å². The van der Waals surface area contributed by atoms with Crippen LogP contribution in [-0.4, -0.2) is 31.6 Å². The highest BCUT2D eigenvalue weighted by atomic mass is 35.5. The fraction of sp³-hybridized carbons (Fsp3) is 0.462. The Morgan fingerprint density at radius 2 is 1.75 bits per heavy atom. The SMILES string of the molecule is CN(C1CCC(=O)CC1)S(=O)(=O)c1ccc(Cl)c(Cl)c1. The molecule has 4 nitrogen and oxygen atoms in total. The summed E-state index contributed by atoms with van der Waals surface area (Å²) in [4.78, 5) is 11.3. The second-order valence-corrected chi connectivity index (χ2v) is 7.68. The zero-order valence-corrected chi connectivity index (χ0v) is 13.3. The van der Waals surface area contributed by atoms with Gasteiger partial charge in [0.15, 0.2) is 0 Å². The molecule has 1 aliphatic rings. The van der Waals surface area contributed by atoms with Crippen LogP contribution in [0.5, 0.6) is 0 Å². The number of carbonyl (C=O) groups excluding carboxylic acids is 1. The van der Waals surface area contributed by atoms with Gasteiger partial charge in [0.1, 0.15) is 5.78 Å². The molecule has 1 aromatic carbocycles. The number of ketones is 1. The van der Waals surface area contributed by atoms with Gasteiger partial charge in [-0.25, -0.2) is 8.42 Å². The molecule has 0 bridgehead atoms. The number of halogens is 2. The van der Waals surface area contributed by atoms with Crippen LogP contribution in [0.4, 0.5) is 0 Å². The lowest BCUT2D eigenvalue weighted by molar-refractivity contribution is -0.120. The number of hydrogen-bond acceptors (Lipinski definition) is 3. The highest BCUT2D eigenvalue weighted by Crippen LogP contribution is 2.29. The number of carbonyl (C=O) groups is 1. The Labute approximate surface area is 128 Å². The monoisotopic (exact) mass is 335 g/mol. The minimum Gasteiger partial charge on any atom is -0.300 e. The number of benzene rings is 1. The summed E-state index contributed by atoms with van der Waals surface area (Å²) in [6, 6.07) is 4.11. The molecule has 0 aromatic heterocycles. The minimum absolute atomic E-state index is 0.117. The molecule has 1 fully saturated rings. The van der Waals surface area contributed by atoms with Crippen LogP contribution in [0.2, 0.25) is 10.0 Å². The maximum atomic E-state index is 12.5. The lowest BCUT2D eigenvalue weighted by Gasteiger charge is -2.30. The number of rotatable bonds is 3. The van der Waals surface area contributed by atoms with Gasteiger partial charge in [0.25, 0.3) is 0 Å². The average Bonchev–Trinajstić information content (AvgIpc) is 2.41. The highest BCUT2D eigenvalue weighted by molar-refractivity contribution is 7.89. The fourth-order valence-corrected chi connectivity index (χ4v) is 4.09. The van der Waals surface area contributed by atoms with E-state index in [2.05, 4.69) is 0 Å². The number of sulfonamides is 1. The van der Waals surface area contributed by atoms with E-state index in [0.717, 1.165) is 0 Å². The van der Waals surface area contributed by atoms with Gasteiger partial charge in [-0.3, -0.25) is 4.79 Å². The molecular weight excluding hydrogens is 321 g/mol. The van der Waals surface area contributed by atoms with Crippen molar-refractivity contribution in [3.63, 3.8) is 0 Å². The lowest BCUT2D eigenvalue weighted by atomic mass is 9.95. The summed E-state index contributed by atoms with van der Waals surface area (Å²) in [5.74, 6) is 0.196. The summed E-state index contributed by atoms with van der Waals surface area (Å²) in [6.45, 7) is 0. The molecule has 2 rings (SSSR count). The van der Waals surface area contributed by atoms with Gasteiger partial charge in [-0.2, -0.15) is 4.31 Å². The van der Waals surface area contributed by atoms with Crippen molar-refractivity contribution in [1.29, 1.82) is 0 Å². The first-order chi connectivity index (χ1) is 9.32. The van der Waals surface area contributed by atoms with Crippen LogP contribution in [0.15, 0.2) is 23.1 Å². The van der Waals surface area contributed by atoms with Gasteiger partial charge in [-0.15, -0.1) is 0 Å². The Bertz CT molecular complexity index is 621. The third-order valence-electron chi connectivity index (χ3n) is 3.60. The van der Waals surface area contributed by atoms with Crippen LogP contribution in [0.3, 0.4) is 0 Å². The van der Waals surface area contributed by atoms with Gasteiger partial charge in [0.2, 0.25) is 10.0 Å². The summed E-state index contributed by atoms with van der Waals surface area (Å²) in [5, 5.41) is 0.525. The Morgan fingerprint density at radius 3 is 2.30 bits per heavy atom. The third kappa shape index (κ3) is 3.17. The summed E-state index contributed by atoms with van der Waals surface area (Å²) >= 11 is 11.7. The Balaban J connectivity index is 2.25. The van der Waals surface area contributed by atoms with E-state index in [-0.39, 0.29) is 21.7 Å². The van der Waals surface area contributed by atoms with Gasteiger partial charge in [0.05, 0.1) is 14.9 Å². The standard InChI is InChI=1S/C13H15Cl2NO3S/c1-16(9-2-4-10(17)5-3-9)20(18,19)11-6-7-12(14)13(15)8-11/h6-9H,2-5H2,1H3. The highest BCUT2D eigenvalue weighted by Gasteiger charge is 2.31. The Kier molecular flexibility index (Phi) is 4.74. The molecule has 0 atom stereocenters. The van der Waals surface area contributed by atoms with Crippen molar-refractivity contribution in [2.75, 3.05) is 7.05 Å². The molecule has 7 heteroatoms. The molecule has 0 saturated heterocycles. The van der Waals surface area contributed by atoms with Gasteiger partial charge in [0, 0.05) is 25.9 Å². The molecule has 0 heterocycles. The van der Waals surface area contributed by atoms with Crippen molar-refractivity contribution in [2.45, 2.75) is 36.6 Å². The Hall–Kier alpha value is -0.620. The second kappa shape index (κ2) is 6.02. The topological polar surface area (TPSA) is 54.5 Å². The molecule has 0 spiro atoms. The van der Waals surface area contributed by atoms with Gasteiger partial charge in [-0.1, -0.05) is 23.2 Å². The van der Waals surface area contributed by atoms with E-state index in [1.54, 1.807) is 0 Å². The van der Waals surface area contributed by atoms with E-state index in [1.807, 2.05) is 0 Å². The van der Waals surface area contributed by atoms with E-state index < -0.39 is 10.0 Å². The number of nitrogens with zero attached hydrogens (tertiary/aromatic N) is 1. The van der Waals surface area contributed by atoms with Gasteiger partial charge in [-0.05, 0) is 31.0 Å².